The molecular weight excluding hydrogens is 592 g/mol. The summed E-state index contributed by atoms with van der Waals surface area (Å²) in [6, 6.07) is 10.2. The van der Waals surface area contributed by atoms with Crippen LogP contribution in [-0.4, -0.2) is 63.9 Å². The van der Waals surface area contributed by atoms with Gasteiger partial charge in [-0.1, -0.05) is 18.2 Å². The topological polar surface area (TPSA) is 126 Å². The summed E-state index contributed by atoms with van der Waals surface area (Å²) in [5.74, 6) is -1.64. The number of imidazole rings is 1. The largest absolute Gasteiger partial charge is 0.383 e. The van der Waals surface area contributed by atoms with Gasteiger partial charge in [-0.2, -0.15) is 4.57 Å². The number of thiophene rings is 1. The maximum Gasteiger partial charge on any atom is 0.339 e. The number of H-pyrrole nitrogens is 1. The van der Waals surface area contributed by atoms with E-state index >= 15 is 0 Å². The number of carbonyl (C=O) groups is 1. The summed E-state index contributed by atoms with van der Waals surface area (Å²) in [6.07, 6.45) is 2.88. The predicted octanol–water partition coefficient (Wildman–Crippen LogP) is 4.15. The van der Waals surface area contributed by atoms with Gasteiger partial charge in [0.1, 0.15) is 16.5 Å². The van der Waals surface area contributed by atoms with Crippen molar-refractivity contribution in [1.82, 2.24) is 29.3 Å². The monoisotopic (exact) mass is 623 g/mol. The van der Waals surface area contributed by atoms with Crippen molar-refractivity contribution in [3.63, 3.8) is 0 Å². The van der Waals surface area contributed by atoms with Crippen LogP contribution in [0, 0.1) is 11.6 Å². The molecule has 0 aliphatic carbocycles. The van der Waals surface area contributed by atoms with E-state index in [-0.39, 0.29) is 27.8 Å². The lowest BCUT2D eigenvalue weighted by molar-refractivity contribution is 0.159. The van der Waals surface area contributed by atoms with E-state index < -0.39 is 29.4 Å². The van der Waals surface area contributed by atoms with E-state index in [1.165, 1.54) is 34.4 Å². The highest BCUT2D eigenvalue weighted by Gasteiger charge is 2.26. The molecule has 0 aliphatic rings. The third-order valence-electron chi connectivity index (χ3n) is 6.99. The fraction of sp³-hybridized carbons (Fsp3) is 0.267. The number of anilines is 1. The molecule has 230 valence electrons. The number of urea groups is 1. The smallest absolute Gasteiger partial charge is 0.339 e. The van der Waals surface area contributed by atoms with E-state index in [2.05, 4.69) is 20.6 Å². The Hall–Kier alpha value is -4.66. The molecule has 3 aromatic heterocycles. The average Bonchev–Trinajstić information content (AvgIpc) is 3.65. The molecule has 5 rings (SSSR count). The zero-order valence-corrected chi connectivity index (χ0v) is 25.1. The second kappa shape index (κ2) is 13.3. The number of halogens is 2. The molecule has 2 aromatic carbocycles. The van der Waals surface area contributed by atoms with E-state index in [0.29, 0.717) is 42.4 Å². The fourth-order valence-corrected chi connectivity index (χ4v) is 6.14. The predicted molar refractivity (Wildman–Crippen MR) is 166 cm³/mol. The van der Waals surface area contributed by atoms with Crippen molar-refractivity contribution in [1.29, 1.82) is 0 Å². The zero-order chi connectivity index (χ0) is 31.4. The minimum absolute atomic E-state index is 0.0168. The Morgan fingerprint density at radius 3 is 2.48 bits per heavy atom. The third-order valence-corrected chi connectivity index (χ3v) is 8.30. The van der Waals surface area contributed by atoms with Crippen LogP contribution in [-0.2, 0) is 17.8 Å². The Balaban J connectivity index is 1.76. The zero-order valence-electron chi connectivity index (χ0n) is 24.3. The molecular formula is C30H31F2N7O4S. The number of rotatable bonds is 11. The SMILES string of the molecule is CCNC(=O)Nc1ccc(-c2sc3c(c2CN(C)CCOC)c(=O)n(-c2ncc[nH]2)c(=O)n3Cc2c(F)cccc2F)cc1. The van der Waals surface area contributed by atoms with Crippen molar-refractivity contribution in [3.05, 3.63) is 98.5 Å². The second-order valence-electron chi connectivity index (χ2n) is 10.0. The van der Waals surface area contributed by atoms with Crippen molar-refractivity contribution in [2.75, 3.05) is 39.2 Å². The maximum absolute atomic E-state index is 14.8. The van der Waals surface area contributed by atoms with Gasteiger partial charge in [-0.25, -0.2) is 23.4 Å². The number of aromatic nitrogens is 4. The molecule has 0 spiro atoms. The summed E-state index contributed by atoms with van der Waals surface area (Å²) in [6.45, 7) is 3.13. The second-order valence-corrected chi connectivity index (χ2v) is 11.0. The molecule has 0 saturated carbocycles. The van der Waals surface area contributed by atoms with Gasteiger partial charge in [0.15, 0.2) is 0 Å². The van der Waals surface area contributed by atoms with E-state index in [0.717, 1.165) is 22.3 Å². The molecule has 0 unspecified atom stereocenters. The number of aromatic amines is 1. The number of ether oxygens (including phenoxy) is 1. The molecule has 44 heavy (non-hydrogen) atoms. The highest BCUT2D eigenvalue weighted by molar-refractivity contribution is 7.22. The number of methoxy groups -OCH3 is 1. The van der Waals surface area contributed by atoms with Crippen molar-refractivity contribution < 1.29 is 18.3 Å². The first kappa shape index (κ1) is 30.8. The molecule has 0 fully saturated rings. The first-order valence-electron chi connectivity index (χ1n) is 13.8. The van der Waals surface area contributed by atoms with Gasteiger partial charge < -0.3 is 20.4 Å². The molecule has 0 aliphatic heterocycles. The summed E-state index contributed by atoms with van der Waals surface area (Å²) in [5, 5.41) is 5.66. The Bertz CT molecular complexity index is 1880. The molecule has 5 aromatic rings. The minimum Gasteiger partial charge on any atom is -0.383 e. The lowest BCUT2D eigenvalue weighted by Crippen LogP contribution is -2.40. The average molecular weight is 624 g/mol. The normalized spacial score (nSPS) is 11.4. The van der Waals surface area contributed by atoms with Crippen molar-refractivity contribution in [2.24, 2.45) is 0 Å². The van der Waals surface area contributed by atoms with E-state index in [1.807, 2.05) is 18.9 Å². The summed E-state index contributed by atoms with van der Waals surface area (Å²) < 4.78 is 37.0. The Morgan fingerprint density at radius 2 is 1.84 bits per heavy atom. The molecule has 0 bridgehead atoms. The molecule has 3 heterocycles. The number of likely N-dealkylation sites (N-methyl/N-ethyl adjacent to an activating group) is 1. The highest BCUT2D eigenvalue weighted by atomic mass is 32.1. The summed E-state index contributed by atoms with van der Waals surface area (Å²) in [4.78, 5) is 49.9. The molecule has 0 saturated heterocycles. The molecule has 14 heteroatoms. The van der Waals surface area contributed by atoms with Crippen molar-refractivity contribution in [3.8, 4) is 16.4 Å². The van der Waals surface area contributed by atoms with Crippen LogP contribution < -0.4 is 21.9 Å². The van der Waals surface area contributed by atoms with Gasteiger partial charge in [0, 0.05) is 55.3 Å². The van der Waals surface area contributed by atoms with Crippen molar-refractivity contribution >= 4 is 33.3 Å². The Morgan fingerprint density at radius 1 is 1.11 bits per heavy atom. The molecule has 3 N–H and O–H groups in total. The quantitative estimate of drug-likeness (QED) is 0.203. The summed E-state index contributed by atoms with van der Waals surface area (Å²) in [5.41, 5.74) is 0.191. The minimum atomic E-state index is -0.813. The summed E-state index contributed by atoms with van der Waals surface area (Å²) >= 11 is 1.18. The standard InChI is InChI=1S/C30H31F2N7O4S/c1-4-33-29(41)36-19-10-8-18(9-11-19)25-21(16-37(2)14-15-43-3)24-26(40)39(28-34-12-13-35-28)30(42)38(27(24)44-25)17-20-22(31)6-5-7-23(20)32/h5-13H,4,14-17H2,1-3H3,(H,34,35)(H2,33,36,41). The molecule has 11 nitrogen and oxygen atoms in total. The van der Waals surface area contributed by atoms with Crippen LogP contribution in [0.1, 0.15) is 18.1 Å². The number of fused-ring (bicyclic) bond motifs is 1. The van der Waals surface area contributed by atoms with Crippen LogP contribution in [0.3, 0.4) is 0 Å². The lowest BCUT2D eigenvalue weighted by atomic mass is 10.1. The highest BCUT2D eigenvalue weighted by Crippen LogP contribution is 2.38. The first-order chi connectivity index (χ1) is 21.2. The van der Waals surface area contributed by atoms with Crippen molar-refractivity contribution in [2.45, 2.75) is 20.0 Å². The number of amides is 2. The number of benzene rings is 2. The third kappa shape index (κ3) is 6.18. The van der Waals surface area contributed by atoms with Gasteiger partial charge in [-0.3, -0.25) is 14.3 Å². The van der Waals surface area contributed by atoms with Crippen LogP contribution in [0.5, 0.6) is 0 Å². The van der Waals surface area contributed by atoms with Crippen LogP contribution in [0.2, 0.25) is 0 Å². The maximum atomic E-state index is 14.8. The number of nitrogens with zero attached hydrogens (tertiary/aromatic N) is 4. The fourth-order valence-electron chi connectivity index (χ4n) is 4.84. The van der Waals surface area contributed by atoms with Crippen LogP contribution in [0.25, 0.3) is 26.6 Å². The molecule has 2 amide bonds. The summed E-state index contributed by atoms with van der Waals surface area (Å²) in [7, 11) is 3.47. The van der Waals surface area contributed by atoms with Gasteiger partial charge in [0.2, 0.25) is 5.95 Å². The number of carbonyl (C=O) groups excluding carboxylic acids is 1. The lowest BCUT2D eigenvalue weighted by Gasteiger charge is -2.17. The van der Waals surface area contributed by atoms with E-state index in [4.69, 9.17) is 4.74 Å². The van der Waals surface area contributed by atoms with Gasteiger partial charge in [-0.15, -0.1) is 11.3 Å². The van der Waals surface area contributed by atoms with E-state index in [1.54, 1.807) is 31.4 Å². The molecule has 0 radical (unpaired) electrons. The van der Waals surface area contributed by atoms with Gasteiger partial charge in [-0.05, 0) is 49.4 Å². The number of hydrogen-bond acceptors (Lipinski definition) is 7. The van der Waals surface area contributed by atoms with Crippen LogP contribution in [0.15, 0.2) is 64.4 Å². The van der Waals surface area contributed by atoms with Crippen LogP contribution >= 0.6 is 11.3 Å². The van der Waals surface area contributed by atoms with Crippen LogP contribution in [0.4, 0.5) is 19.3 Å². The van der Waals surface area contributed by atoms with E-state index in [9.17, 15) is 23.2 Å². The number of hydrogen-bond donors (Lipinski definition) is 3. The Labute approximate surface area is 254 Å². The number of nitrogens with one attached hydrogen (secondary N) is 3. The molecule has 0 atom stereocenters. The van der Waals surface area contributed by atoms with Gasteiger partial charge >= 0.3 is 11.7 Å². The first-order valence-corrected chi connectivity index (χ1v) is 14.6. The van der Waals surface area contributed by atoms with Gasteiger partial charge in [0.25, 0.3) is 5.56 Å². The van der Waals surface area contributed by atoms with Gasteiger partial charge in [0.05, 0.1) is 18.5 Å². The Kier molecular flexibility index (Phi) is 9.32.